The topological polar surface area (TPSA) is 44.7 Å². The Morgan fingerprint density at radius 2 is 1.84 bits per heavy atom. The Balaban J connectivity index is 1.53. The third-order valence-electron chi connectivity index (χ3n) is 6.32. The fourth-order valence-corrected chi connectivity index (χ4v) is 6.43. The van der Waals surface area contributed by atoms with Crippen molar-refractivity contribution in [2.45, 2.75) is 61.9 Å². The van der Waals surface area contributed by atoms with Gasteiger partial charge < -0.3 is 0 Å². The Labute approximate surface area is 197 Å². The summed E-state index contributed by atoms with van der Waals surface area (Å²) >= 11 is 3.43. The van der Waals surface area contributed by atoms with Crippen molar-refractivity contribution >= 4 is 40.4 Å². The molecular formula is C26H27N3OS2. The number of carbonyl (C=O) groups is 1. The second-order valence-corrected chi connectivity index (χ2v) is 10.7. The average Bonchev–Trinajstić information content (AvgIpc) is 3.14. The van der Waals surface area contributed by atoms with Crippen LogP contribution in [-0.4, -0.2) is 28.7 Å². The summed E-state index contributed by atoms with van der Waals surface area (Å²) in [6.07, 6.45) is 3.43. The molecule has 2 aliphatic rings. The number of fused-ring (bicyclic) bond motifs is 2. The van der Waals surface area contributed by atoms with Gasteiger partial charge in [-0.2, -0.15) is 0 Å². The van der Waals surface area contributed by atoms with Gasteiger partial charge in [-0.15, -0.1) is 11.3 Å². The van der Waals surface area contributed by atoms with E-state index in [2.05, 4.69) is 66.9 Å². The number of aliphatic imine (C=N–C) groups is 1. The Morgan fingerprint density at radius 3 is 2.59 bits per heavy atom. The summed E-state index contributed by atoms with van der Waals surface area (Å²) in [5.41, 5.74) is 8.00. The summed E-state index contributed by atoms with van der Waals surface area (Å²) in [5.74, 6) is -0.0655. The van der Waals surface area contributed by atoms with Crippen LogP contribution in [0, 0.1) is 6.92 Å². The van der Waals surface area contributed by atoms with Gasteiger partial charge in [-0.1, -0.05) is 36.4 Å². The van der Waals surface area contributed by atoms with Gasteiger partial charge in [-0.05, 0) is 74.9 Å². The number of hydrogen-bond acceptors (Lipinski definition) is 5. The zero-order valence-electron chi connectivity index (χ0n) is 18.6. The maximum atomic E-state index is 13.2. The largest absolute Gasteiger partial charge is 0.284 e. The minimum atomic E-state index is -0.0655. The zero-order valence-corrected chi connectivity index (χ0v) is 20.2. The average molecular weight is 462 g/mol. The van der Waals surface area contributed by atoms with Crippen LogP contribution in [-0.2, 0) is 0 Å². The summed E-state index contributed by atoms with van der Waals surface area (Å²) in [7, 11) is 0. The summed E-state index contributed by atoms with van der Waals surface area (Å²) in [6, 6.07) is 17.1. The molecular weight excluding hydrogens is 434 g/mol. The van der Waals surface area contributed by atoms with Crippen LogP contribution in [0.1, 0.15) is 59.5 Å². The SMILES string of the molecule is Cc1ccsc1C1=Nc2cc(C(=O)NN3[C@H](C)CCC[C@@H]3C)ccc2Sc2ccccc21. The van der Waals surface area contributed by atoms with Crippen LogP contribution in [0.15, 0.2) is 68.7 Å². The van der Waals surface area contributed by atoms with Gasteiger partial charge in [0.2, 0.25) is 0 Å². The highest BCUT2D eigenvalue weighted by atomic mass is 32.2. The van der Waals surface area contributed by atoms with Gasteiger partial charge in [-0.3, -0.25) is 10.2 Å². The first-order chi connectivity index (χ1) is 15.5. The molecule has 3 heterocycles. The molecule has 1 N–H and O–H groups in total. The minimum Gasteiger partial charge on any atom is -0.284 e. The lowest BCUT2D eigenvalue weighted by Gasteiger charge is -2.38. The van der Waals surface area contributed by atoms with Gasteiger partial charge in [0.25, 0.3) is 5.91 Å². The van der Waals surface area contributed by atoms with Crippen LogP contribution in [0.2, 0.25) is 0 Å². The number of aryl methyl sites for hydroxylation is 1. The number of rotatable bonds is 3. The maximum absolute atomic E-state index is 13.2. The van der Waals surface area contributed by atoms with Crippen molar-refractivity contribution in [3.8, 4) is 0 Å². The lowest BCUT2D eigenvalue weighted by molar-refractivity contribution is 0.0370. The number of nitrogens with one attached hydrogen (secondary N) is 1. The summed E-state index contributed by atoms with van der Waals surface area (Å²) in [4.78, 5) is 21.7. The van der Waals surface area contributed by atoms with E-state index in [1.807, 2.05) is 18.2 Å². The molecule has 2 aliphatic heterocycles. The Kier molecular flexibility index (Phi) is 5.93. The lowest BCUT2D eigenvalue weighted by atomic mass is 10.00. The van der Waals surface area contributed by atoms with E-state index < -0.39 is 0 Å². The third-order valence-corrected chi connectivity index (χ3v) is 8.48. The number of hydrogen-bond donors (Lipinski definition) is 1. The van der Waals surface area contributed by atoms with Crippen molar-refractivity contribution in [2.75, 3.05) is 0 Å². The molecule has 1 aromatic heterocycles. The molecule has 0 spiro atoms. The van der Waals surface area contributed by atoms with Crippen LogP contribution in [0.5, 0.6) is 0 Å². The van der Waals surface area contributed by atoms with Crippen LogP contribution in [0.3, 0.4) is 0 Å². The van der Waals surface area contributed by atoms with Gasteiger partial charge in [0.15, 0.2) is 0 Å². The van der Waals surface area contributed by atoms with Gasteiger partial charge in [-0.25, -0.2) is 10.0 Å². The van der Waals surface area contributed by atoms with Crippen molar-refractivity contribution in [3.63, 3.8) is 0 Å². The van der Waals surface area contributed by atoms with Crippen LogP contribution < -0.4 is 5.43 Å². The number of thiophene rings is 1. The summed E-state index contributed by atoms with van der Waals surface area (Å²) < 4.78 is 0. The maximum Gasteiger partial charge on any atom is 0.265 e. The molecule has 164 valence electrons. The predicted octanol–water partition coefficient (Wildman–Crippen LogP) is 6.60. The lowest BCUT2D eigenvalue weighted by Crippen LogP contribution is -2.54. The first-order valence-electron chi connectivity index (χ1n) is 11.1. The second kappa shape index (κ2) is 8.85. The highest BCUT2D eigenvalue weighted by Gasteiger charge is 2.27. The molecule has 6 heteroatoms. The molecule has 4 nitrogen and oxygen atoms in total. The number of piperidine rings is 1. The van der Waals surface area contributed by atoms with Gasteiger partial charge in [0.05, 0.1) is 16.3 Å². The van der Waals surface area contributed by atoms with Crippen molar-refractivity contribution in [1.29, 1.82) is 0 Å². The minimum absolute atomic E-state index is 0.0655. The van der Waals surface area contributed by atoms with E-state index >= 15 is 0 Å². The van der Waals surface area contributed by atoms with E-state index in [1.54, 1.807) is 23.1 Å². The number of amides is 1. The van der Waals surface area contributed by atoms with Gasteiger partial charge in [0.1, 0.15) is 0 Å². The molecule has 0 radical (unpaired) electrons. The fourth-order valence-electron chi connectivity index (χ4n) is 4.49. The number of benzene rings is 2. The first-order valence-corrected chi connectivity index (χ1v) is 12.8. The first kappa shape index (κ1) is 21.4. The van der Waals surface area contributed by atoms with Crippen molar-refractivity contribution in [3.05, 3.63) is 75.5 Å². The molecule has 5 rings (SSSR count). The van der Waals surface area contributed by atoms with Gasteiger partial charge >= 0.3 is 0 Å². The molecule has 0 unspecified atom stereocenters. The van der Waals surface area contributed by atoms with Crippen LogP contribution >= 0.6 is 23.1 Å². The molecule has 1 amide bonds. The number of nitrogens with zero attached hydrogens (tertiary/aromatic N) is 2. The Bertz CT molecular complexity index is 1190. The van der Waals surface area contributed by atoms with E-state index in [9.17, 15) is 4.79 Å². The molecule has 3 aromatic rings. The zero-order chi connectivity index (χ0) is 22.2. The standard InChI is InChI=1S/C26H27N3OS2/c1-16-13-14-31-25(16)24-20-9-4-5-10-22(20)32-23-12-11-19(15-21(23)27-24)26(30)28-29-17(2)7-6-8-18(29)3/h4-5,9-15,17-18H,6-8H2,1-3H3,(H,28,30)/t17-,18+. The fraction of sp³-hybridized carbons (Fsp3) is 0.308. The molecule has 0 aliphatic carbocycles. The van der Waals surface area contributed by atoms with Crippen molar-refractivity contribution < 1.29 is 4.79 Å². The monoisotopic (exact) mass is 461 g/mol. The molecule has 1 saturated heterocycles. The summed E-state index contributed by atoms with van der Waals surface area (Å²) in [6.45, 7) is 6.49. The van der Waals surface area contributed by atoms with Gasteiger partial charge in [0, 0.05) is 33.0 Å². The Hall–Kier alpha value is -2.41. The van der Waals surface area contributed by atoms with E-state index in [0.29, 0.717) is 17.6 Å². The van der Waals surface area contributed by atoms with Crippen LogP contribution in [0.25, 0.3) is 0 Å². The molecule has 1 fully saturated rings. The third kappa shape index (κ3) is 4.03. The van der Waals surface area contributed by atoms with E-state index in [4.69, 9.17) is 4.99 Å². The molecule has 2 atom stereocenters. The highest BCUT2D eigenvalue weighted by molar-refractivity contribution is 7.99. The molecule has 2 aromatic carbocycles. The van der Waals surface area contributed by atoms with E-state index in [-0.39, 0.29) is 5.91 Å². The molecule has 0 bridgehead atoms. The van der Waals surface area contributed by atoms with Crippen molar-refractivity contribution in [2.24, 2.45) is 4.99 Å². The quantitative estimate of drug-likeness (QED) is 0.374. The second-order valence-electron chi connectivity index (χ2n) is 8.65. The molecule has 32 heavy (non-hydrogen) atoms. The number of hydrazine groups is 1. The van der Waals surface area contributed by atoms with E-state index in [1.165, 1.54) is 21.8 Å². The van der Waals surface area contributed by atoms with Crippen LogP contribution in [0.4, 0.5) is 5.69 Å². The number of carbonyl (C=O) groups excluding carboxylic acids is 1. The smallest absolute Gasteiger partial charge is 0.265 e. The highest BCUT2D eigenvalue weighted by Crippen LogP contribution is 2.42. The van der Waals surface area contributed by atoms with E-state index in [0.717, 1.165) is 34.7 Å². The van der Waals surface area contributed by atoms with Crippen molar-refractivity contribution in [1.82, 2.24) is 10.4 Å². The summed E-state index contributed by atoms with van der Waals surface area (Å²) in [5, 5.41) is 4.23. The normalized spacial score (nSPS) is 20.7. The Morgan fingerprint density at radius 1 is 1.06 bits per heavy atom. The molecule has 0 saturated carbocycles. The predicted molar refractivity (Wildman–Crippen MR) is 133 cm³/mol.